The highest BCUT2D eigenvalue weighted by Gasteiger charge is 2.30. The highest BCUT2D eigenvalue weighted by molar-refractivity contribution is 7.92. The lowest BCUT2D eigenvalue weighted by Crippen LogP contribution is -2.30. The van der Waals surface area contributed by atoms with Crippen LogP contribution in [0.3, 0.4) is 0 Å². The number of ether oxygens (including phenoxy) is 2. The van der Waals surface area contributed by atoms with E-state index >= 15 is 0 Å². The number of nitrogens with one attached hydrogen (secondary N) is 1. The minimum absolute atomic E-state index is 0.244. The van der Waals surface area contributed by atoms with Crippen LogP contribution in [-0.2, 0) is 16.4 Å². The van der Waals surface area contributed by atoms with E-state index in [9.17, 15) is 8.42 Å². The normalized spacial score (nSPS) is 20.8. The third-order valence-corrected chi connectivity index (χ3v) is 5.92. The summed E-state index contributed by atoms with van der Waals surface area (Å²) in [6.07, 6.45) is 1.54. The molecule has 1 N–H and O–H groups in total. The molecular formula is C14H21NO4S. The van der Waals surface area contributed by atoms with Crippen LogP contribution in [0.2, 0.25) is 0 Å². The molecule has 0 spiro atoms. The molecule has 1 heterocycles. The van der Waals surface area contributed by atoms with Gasteiger partial charge in [-0.15, -0.1) is 0 Å². The molecule has 1 unspecified atom stereocenters. The van der Waals surface area contributed by atoms with Crippen molar-refractivity contribution in [2.24, 2.45) is 0 Å². The van der Waals surface area contributed by atoms with Crippen molar-refractivity contribution in [3.05, 3.63) is 23.8 Å². The largest absolute Gasteiger partial charge is 0.497 e. The number of rotatable bonds is 6. The van der Waals surface area contributed by atoms with Gasteiger partial charge < -0.3 is 14.8 Å². The van der Waals surface area contributed by atoms with Crippen molar-refractivity contribution in [1.82, 2.24) is 5.32 Å². The fraction of sp³-hybridized carbons (Fsp3) is 0.571. The Labute approximate surface area is 120 Å². The van der Waals surface area contributed by atoms with Crippen LogP contribution in [-0.4, -0.2) is 40.2 Å². The van der Waals surface area contributed by atoms with Gasteiger partial charge in [-0.25, -0.2) is 8.42 Å². The average Bonchev–Trinajstić information content (AvgIpc) is 2.78. The molecule has 0 saturated carbocycles. The molecule has 1 aliphatic rings. The summed E-state index contributed by atoms with van der Waals surface area (Å²) in [5.74, 6) is 1.81. The third-order valence-electron chi connectivity index (χ3n) is 3.64. The van der Waals surface area contributed by atoms with Crippen LogP contribution in [0.1, 0.15) is 18.4 Å². The van der Waals surface area contributed by atoms with E-state index in [0.717, 1.165) is 29.9 Å². The van der Waals surface area contributed by atoms with Crippen LogP contribution in [0.4, 0.5) is 0 Å². The summed E-state index contributed by atoms with van der Waals surface area (Å²) in [6, 6.07) is 5.61. The Bertz CT molecular complexity index is 556. The van der Waals surface area contributed by atoms with Gasteiger partial charge in [-0.3, -0.25) is 0 Å². The van der Waals surface area contributed by atoms with Crippen molar-refractivity contribution < 1.29 is 17.9 Å². The minimum Gasteiger partial charge on any atom is -0.497 e. The topological polar surface area (TPSA) is 64.6 Å². The Morgan fingerprint density at radius 1 is 1.30 bits per heavy atom. The number of benzene rings is 1. The summed E-state index contributed by atoms with van der Waals surface area (Å²) in [5, 5.41) is 2.97. The summed E-state index contributed by atoms with van der Waals surface area (Å²) < 4.78 is 33.9. The monoisotopic (exact) mass is 299 g/mol. The van der Waals surface area contributed by atoms with E-state index in [0.29, 0.717) is 18.8 Å². The summed E-state index contributed by atoms with van der Waals surface area (Å²) in [4.78, 5) is 0. The Morgan fingerprint density at radius 3 is 2.70 bits per heavy atom. The third kappa shape index (κ3) is 3.43. The number of sulfone groups is 1. The molecule has 6 heteroatoms. The second-order valence-electron chi connectivity index (χ2n) is 4.94. The SMILES string of the molecule is COc1ccc(CNCC2CCCS2(=O)=O)c(OC)c1. The van der Waals surface area contributed by atoms with Crippen molar-refractivity contribution in [3.63, 3.8) is 0 Å². The zero-order valence-corrected chi connectivity index (χ0v) is 12.7. The first-order chi connectivity index (χ1) is 9.56. The Morgan fingerprint density at radius 2 is 2.10 bits per heavy atom. The van der Waals surface area contributed by atoms with Gasteiger partial charge in [0.05, 0.1) is 25.2 Å². The van der Waals surface area contributed by atoms with E-state index in [2.05, 4.69) is 5.32 Å². The first-order valence-corrected chi connectivity index (χ1v) is 8.41. The molecule has 1 aromatic rings. The molecule has 5 nitrogen and oxygen atoms in total. The van der Waals surface area contributed by atoms with E-state index in [1.165, 1.54) is 0 Å². The highest BCUT2D eigenvalue weighted by atomic mass is 32.2. The van der Waals surface area contributed by atoms with Crippen LogP contribution in [0, 0.1) is 0 Å². The highest BCUT2D eigenvalue weighted by Crippen LogP contribution is 2.24. The smallest absolute Gasteiger partial charge is 0.154 e. The van der Waals surface area contributed by atoms with E-state index in [1.54, 1.807) is 14.2 Å². The van der Waals surface area contributed by atoms with Crippen LogP contribution in [0.15, 0.2) is 18.2 Å². The summed E-state index contributed by atoms with van der Waals surface area (Å²) in [7, 11) is 0.338. The molecular weight excluding hydrogens is 278 g/mol. The van der Waals surface area contributed by atoms with E-state index in [4.69, 9.17) is 9.47 Å². The summed E-state index contributed by atoms with van der Waals surface area (Å²) >= 11 is 0. The number of hydrogen-bond donors (Lipinski definition) is 1. The first kappa shape index (κ1) is 15.1. The summed E-state index contributed by atoms with van der Waals surface area (Å²) in [6.45, 7) is 1.08. The quantitative estimate of drug-likeness (QED) is 0.859. The molecule has 0 bridgehead atoms. The molecule has 0 aliphatic carbocycles. The predicted octanol–water partition coefficient (Wildman–Crippen LogP) is 1.37. The Kier molecular flexibility index (Phi) is 4.88. The lowest BCUT2D eigenvalue weighted by molar-refractivity contribution is 0.390. The first-order valence-electron chi connectivity index (χ1n) is 6.70. The van der Waals surface area contributed by atoms with E-state index in [1.807, 2.05) is 18.2 Å². The maximum Gasteiger partial charge on any atom is 0.154 e. The standard InChI is InChI=1S/C14H21NO4S/c1-18-12-6-5-11(14(8-12)19-2)9-15-10-13-4-3-7-20(13,16)17/h5-6,8,13,15H,3-4,7,9-10H2,1-2H3. The van der Waals surface area contributed by atoms with Crippen LogP contribution in [0.25, 0.3) is 0 Å². The van der Waals surface area contributed by atoms with E-state index in [-0.39, 0.29) is 5.25 Å². The van der Waals surface area contributed by atoms with Gasteiger partial charge in [0, 0.05) is 24.7 Å². The van der Waals surface area contributed by atoms with Crippen LogP contribution in [0.5, 0.6) is 11.5 Å². The molecule has 112 valence electrons. The van der Waals surface area contributed by atoms with Gasteiger partial charge in [0.2, 0.25) is 0 Å². The lowest BCUT2D eigenvalue weighted by Gasteiger charge is -2.13. The molecule has 1 atom stereocenters. The van der Waals surface area contributed by atoms with Crippen LogP contribution < -0.4 is 14.8 Å². The van der Waals surface area contributed by atoms with Gasteiger partial charge in [-0.05, 0) is 18.9 Å². The zero-order valence-electron chi connectivity index (χ0n) is 11.9. The zero-order chi connectivity index (χ0) is 14.6. The summed E-state index contributed by atoms with van der Waals surface area (Å²) in [5.41, 5.74) is 0.990. The maximum atomic E-state index is 11.7. The second kappa shape index (κ2) is 6.45. The number of methoxy groups -OCH3 is 2. The molecule has 1 fully saturated rings. The minimum atomic E-state index is -2.88. The van der Waals surface area contributed by atoms with E-state index < -0.39 is 9.84 Å². The van der Waals surface area contributed by atoms with Crippen molar-refractivity contribution in [2.75, 3.05) is 26.5 Å². The fourth-order valence-electron chi connectivity index (χ4n) is 2.45. The maximum absolute atomic E-state index is 11.7. The molecule has 0 radical (unpaired) electrons. The fourth-order valence-corrected chi connectivity index (χ4v) is 4.25. The number of hydrogen-bond acceptors (Lipinski definition) is 5. The molecule has 1 aromatic carbocycles. The van der Waals surface area contributed by atoms with Gasteiger partial charge in [-0.2, -0.15) is 0 Å². The van der Waals surface area contributed by atoms with Crippen molar-refractivity contribution in [1.29, 1.82) is 0 Å². The Balaban J connectivity index is 1.94. The molecule has 1 aliphatic heterocycles. The van der Waals surface area contributed by atoms with Gasteiger partial charge >= 0.3 is 0 Å². The van der Waals surface area contributed by atoms with Gasteiger partial charge in [0.25, 0.3) is 0 Å². The second-order valence-corrected chi connectivity index (χ2v) is 7.34. The van der Waals surface area contributed by atoms with Crippen LogP contribution >= 0.6 is 0 Å². The Hall–Kier alpha value is -1.27. The van der Waals surface area contributed by atoms with Gasteiger partial charge in [-0.1, -0.05) is 6.07 Å². The van der Waals surface area contributed by atoms with Crippen molar-refractivity contribution in [2.45, 2.75) is 24.6 Å². The van der Waals surface area contributed by atoms with Crippen molar-refractivity contribution >= 4 is 9.84 Å². The molecule has 20 heavy (non-hydrogen) atoms. The molecule has 0 aromatic heterocycles. The predicted molar refractivity (Wildman–Crippen MR) is 78.1 cm³/mol. The average molecular weight is 299 g/mol. The molecule has 0 amide bonds. The molecule has 1 saturated heterocycles. The lowest BCUT2D eigenvalue weighted by atomic mass is 10.2. The van der Waals surface area contributed by atoms with Crippen molar-refractivity contribution in [3.8, 4) is 11.5 Å². The van der Waals surface area contributed by atoms with Gasteiger partial charge in [0.15, 0.2) is 9.84 Å². The van der Waals surface area contributed by atoms with Gasteiger partial charge in [0.1, 0.15) is 11.5 Å². The molecule has 2 rings (SSSR count).